The van der Waals surface area contributed by atoms with Crippen molar-refractivity contribution in [3.05, 3.63) is 158 Å². The Labute approximate surface area is 295 Å². The molecule has 0 radical (unpaired) electrons. The van der Waals surface area contributed by atoms with Gasteiger partial charge >= 0.3 is 0 Å². The Balaban J connectivity index is 1.25. The molecule has 0 aliphatic rings. The molecule has 2 nitrogen and oxygen atoms in total. The quantitative estimate of drug-likeness (QED) is 0.172. The molecule has 0 saturated heterocycles. The number of furan rings is 2. The molecule has 0 atom stereocenters. The van der Waals surface area contributed by atoms with E-state index in [1.807, 2.05) is 11.3 Å². The molecule has 12 aromatic rings. The standard InChI is InChI=1S/C48H26O2S/c1-2-12-29-27(11-1)21-23-39-46(29)47-40(49-39)26-37(45-35-18-7-9-19-38(35)50-48(45)47)44-33-16-5-3-14-31(33)43(32-15-4-6-17-34(32)44)28-22-24-42-36(25-28)30-13-8-10-20-41(30)51-42/h1-26H. The van der Waals surface area contributed by atoms with Crippen molar-refractivity contribution in [2.24, 2.45) is 0 Å². The Morgan fingerprint density at radius 2 is 0.980 bits per heavy atom. The van der Waals surface area contributed by atoms with Gasteiger partial charge in [-0.2, -0.15) is 0 Å². The van der Waals surface area contributed by atoms with Gasteiger partial charge in [-0.25, -0.2) is 0 Å². The summed E-state index contributed by atoms with van der Waals surface area (Å²) in [5, 5.41) is 14.2. The molecule has 0 aliphatic heterocycles. The molecule has 0 spiro atoms. The number of benzene rings is 9. The largest absolute Gasteiger partial charge is 0.456 e. The molecule has 0 N–H and O–H groups in total. The Hall–Kier alpha value is -6.42. The van der Waals surface area contributed by atoms with E-state index in [9.17, 15) is 0 Å². The van der Waals surface area contributed by atoms with Crippen molar-refractivity contribution in [2.75, 3.05) is 0 Å². The van der Waals surface area contributed by atoms with Gasteiger partial charge in [0.25, 0.3) is 0 Å². The van der Waals surface area contributed by atoms with E-state index in [4.69, 9.17) is 8.83 Å². The third-order valence-electron chi connectivity index (χ3n) is 10.8. The van der Waals surface area contributed by atoms with E-state index in [1.54, 1.807) is 0 Å². The van der Waals surface area contributed by atoms with Crippen LogP contribution in [0.25, 0.3) is 119 Å². The topological polar surface area (TPSA) is 26.3 Å². The van der Waals surface area contributed by atoms with Crippen LogP contribution in [0.2, 0.25) is 0 Å². The minimum atomic E-state index is 0.829. The van der Waals surface area contributed by atoms with Crippen LogP contribution < -0.4 is 0 Å². The summed E-state index contributed by atoms with van der Waals surface area (Å²) in [5.41, 5.74) is 8.22. The smallest absolute Gasteiger partial charge is 0.147 e. The second-order valence-corrected chi connectivity index (χ2v) is 14.6. The highest BCUT2D eigenvalue weighted by Crippen LogP contribution is 2.51. The van der Waals surface area contributed by atoms with E-state index >= 15 is 0 Å². The SMILES string of the molecule is c1ccc2c(c1)ccc1oc3cc(-c4c5ccccc5c(-c5ccc6sc7ccccc7c6c5)c5ccccc45)c4c5ccccc5oc4c3c12. The van der Waals surface area contributed by atoms with Gasteiger partial charge in [0, 0.05) is 36.3 Å². The van der Waals surface area contributed by atoms with Gasteiger partial charge in [0.1, 0.15) is 22.3 Å². The van der Waals surface area contributed by atoms with E-state index in [2.05, 4.69) is 158 Å². The van der Waals surface area contributed by atoms with Crippen LogP contribution in [0.15, 0.2) is 167 Å². The Bertz CT molecular complexity index is 3370. The van der Waals surface area contributed by atoms with Gasteiger partial charge in [-0.1, -0.05) is 121 Å². The molecule has 0 bridgehead atoms. The summed E-state index contributed by atoms with van der Waals surface area (Å²) < 4.78 is 16.3. The summed E-state index contributed by atoms with van der Waals surface area (Å²) in [4.78, 5) is 0. The first kappa shape index (κ1) is 27.4. The number of hydrogen-bond acceptors (Lipinski definition) is 3. The molecule has 3 aromatic heterocycles. The van der Waals surface area contributed by atoms with Crippen LogP contribution in [0.1, 0.15) is 0 Å². The summed E-state index contributed by atoms with van der Waals surface area (Å²) >= 11 is 1.86. The van der Waals surface area contributed by atoms with Crippen LogP contribution in [0, 0.1) is 0 Å². The maximum Gasteiger partial charge on any atom is 0.147 e. The third-order valence-corrected chi connectivity index (χ3v) is 12.0. The first-order valence-corrected chi connectivity index (χ1v) is 18.2. The monoisotopic (exact) mass is 666 g/mol. The van der Waals surface area contributed by atoms with Gasteiger partial charge in [-0.3, -0.25) is 0 Å². The Kier molecular flexibility index (Phi) is 5.41. The zero-order chi connectivity index (χ0) is 33.2. The number of rotatable bonds is 2. The lowest BCUT2D eigenvalue weighted by molar-refractivity contribution is 0.663. The fraction of sp³-hybridized carbons (Fsp3) is 0. The van der Waals surface area contributed by atoms with Crippen LogP contribution in [0.4, 0.5) is 0 Å². The van der Waals surface area contributed by atoms with Crippen LogP contribution in [0.5, 0.6) is 0 Å². The van der Waals surface area contributed by atoms with Crippen molar-refractivity contribution in [3.63, 3.8) is 0 Å². The van der Waals surface area contributed by atoms with E-state index in [0.717, 1.165) is 49.4 Å². The molecule has 0 fully saturated rings. The molecule has 0 aliphatic carbocycles. The predicted octanol–water partition coefficient (Wildman–Crippen LogP) is 14.6. The number of fused-ring (bicyclic) bond motifs is 14. The highest BCUT2D eigenvalue weighted by atomic mass is 32.1. The molecule has 51 heavy (non-hydrogen) atoms. The summed E-state index contributed by atoms with van der Waals surface area (Å²) in [6.07, 6.45) is 0. The molecule has 12 rings (SSSR count). The number of para-hydroxylation sites is 1. The maximum atomic E-state index is 6.87. The summed E-state index contributed by atoms with van der Waals surface area (Å²) in [6, 6.07) is 57.0. The molecule has 3 heteroatoms. The summed E-state index contributed by atoms with van der Waals surface area (Å²) in [6.45, 7) is 0. The molecular weight excluding hydrogens is 641 g/mol. The lowest BCUT2D eigenvalue weighted by Gasteiger charge is -2.18. The molecule has 0 amide bonds. The fourth-order valence-electron chi connectivity index (χ4n) is 8.71. The highest BCUT2D eigenvalue weighted by molar-refractivity contribution is 7.25. The van der Waals surface area contributed by atoms with Crippen molar-refractivity contribution in [1.82, 2.24) is 0 Å². The average molecular weight is 667 g/mol. The zero-order valence-electron chi connectivity index (χ0n) is 27.2. The normalized spacial score (nSPS) is 12.3. The van der Waals surface area contributed by atoms with Gasteiger partial charge in [0.05, 0.1) is 5.39 Å². The number of hydrogen-bond donors (Lipinski definition) is 0. The Morgan fingerprint density at radius 3 is 1.76 bits per heavy atom. The van der Waals surface area contributed by atoms with Crippen molar-refractivity contribution in [3.8, 4) is 22.3 Å². The molecule has 236 valence electrons. The van der Waals surface area contributed by atoms with Crippen molar-refractivity contribution >= 4 is 108 Å². The third kappa shape index (κ3) is 3.71. The van der Waals surface area contributed by atoms with Gasteiger partial charge in [-0.15, -0.1) is 11.3 Å². The molecule has 0 unspecified atom stereocenters. The van der Waals surface area contributed by atoms with Crippen LogP contribution in [-0.2, 0) is 0 Å². The lowest BCUT2D eigenvalue weighted by Crippen LogP contribution is -1.91. The van der Waals surface area contributed by atoms with Crippen LogP contribution in [0.3, 0.4) is 0 Å². The first-order valence-electron chi connectivity index (χ1n) is 17.3. The van der Waals surface area contributed by atoms with Crippen molar-refractivity contribution < 1.29 is 8.83 Å². The van der Waals surface area contributed by atoms with Crippen LogP contribution in [-0.4, -0.2) is 0 Å². The molecule has 9 aromatic carbocycles. The van der Waals surface area contributed by atoms with E-state index in [-0.39, 0.29) is 0 Å². The van der Waals surface area contributed by atoms with Gasteiger partial charge in [-0.05, 0) is 91.0 Å². The second kappa shape index (κ2) is 10.1. The summed E-state index contributed by atoms with van der Waals surface area (Å²) in [5.74, 6) is 0. The minimum absolute atomic E-state index is 0.829. The first-order chi connectivity index (χ1) is 25.3. The van der Waals surface area contributed by atoms with Crippen molar-refractivity contribution in [1.29, 1.82) is 0 Å². The van der Waals surface area contributed by atoms with Gasteiger partial charge in [0.15, 0.2) is 0 Å². The van der Waals surface area contributed by atoms with Crippen LogP contribution >= 0.6 is 11.3 Å². The number of thiophene rings is 1. The second-order valence-electron chi connectivity index (χ2n) is 13.5. The summed E-state index contributed by atoms with van der Waals surface area (Å²) in [7, 11) is 0. The fourth-order valence-corrected chi connectivity index (χ4v) is 9.80. The average Bonchev–Trinajstić information content (AvgIpc) is 3.88. The Morgan fingerprint density at radius 1 is 0.353 bits per heavy atom. The molecule has 0 saturated carbocycles. The highest BCUT2D eigenvalue weighted by Gasteiger charge is 2.25. The minimum Gasteiger partial charge on any atom is -0.456 e. The molecular formula is C48H26O2S. The van der Waals surface area contributed by atoms with Gasteiger partial charge in [0.2, 0.25) is 0 Å². The van der Waals surface area contributed by atoms with E-state index < -0.39 is 0 Å². The lowest BCUT2D eigenvalue weighted by atomic mass is 9.84. The van der Waals surface area contributed by atoms with E-state index in [1.165, 1.54) is 69.2 Å². The maximum absolute atomic E-state index is 6.87. The predicted molar refractivity (Wildman–Crippen MR) is 217 cm³/mol. The van der Waals surface area contributed by atoms with Crippen molar-refractivity contribution in [2.45, 2.75) is 0 Å². The molecule has 3 heterocycles. The zero-order valence-corrected chi connectivity index (χ0v) is 28.1. The van der Waals surface area contributed by atoms with E-state index in [0.29, 0.717) is 0 Å². The van der Waals surface area contributed by atoms with Gasteiger partial charge < -0.3 is 8.83 Å².